The van der Waals surface area contributed by atoms with E-state index >= 15 is 0 Å². The Morgan fingerprint density at radius 2 is 2.12 bits per heavy atom. The second-order valence-corrected chi connectivity index (χ2v) is 6.36. The largest absolute Gasteiger partial charge is 0.317 e. The van der Waals surface area contributed by atoms with E-state index in [0.717, 1.165) is 5.92 Å². The zero-order chi connectivity index (χ0) is 11.5. The normalized spacial score (nSPS) is 21.2. The zero-order valence-corrected chi connectivity index (χ0v) is 11.2. The van der Waals surface area contributed by atoms with Gasteiger partial charge in [0, 0.05) is 4.90 Å². The molecular formula is C15H21NS. The molecule has 0 atom stereocenters. The molecule has 0 saturated carbocycles. The number of fused-ring (bicyclic) bond motifs is 1. The van der Waals surface area contributed by atoms with E-state index in [-0.39, 0.29) is 0 Å². The van der Waals surface area contributed by atoms with Crippen molar-refractivity contribution >= 4 is 11.8 Å². The lowest BCUT2D eigenvalue weighted by Gasteiger charge is -2.25. The van der Waals surface area contributed by atoms with E-state index < -0.39 is 0 Å². The molecule has 0 amide bonds. The average Bonchev–Trinajstić information content (AvgIpc) is 2.40. The number of thioether (sulfide) groups is 1. The summed E-state index contributed by atoms with van der Waals surface area (Å²) in [4.78, 5) is 1.62. The molecule has 1 saturated heterocycles. The zero-order valence-electron chi connectivity index (χ0n) is 10.4. The third-order valence-electron chi connectivity index (χ3n) is 3.98. The van der Waals surface area contributed by atoms with Gasteiger partial charge in [-0.05, 0) is 68.0 Å². The molecule has 1 fully saturated rings. The van der Waals surface area contributed by atoms with Crippen LogP contribution in [0.25, 0.3) is 0 Å². The fraction of sp³-hybridized carbons (Fsp3) is 0.600. The highest BCUT2D eigenvalue weighted by Crippen LogP contribution is 2.34. The Morgan fingerprint density at radius 3 is 3.00 bits per heavy atom. The summed E-state index contributed by atoms with van der Waals surface area (Å²) in [5.74, 6) is 2.22. The molecule has 1 N–H and O–H groups in total. The Morgan fingerprint density at radius 1 is 1.24 bits per heavy atom. The maximum atomic E-state index is 3.46. The Bertz CT molecular complexity index is 383. The number of aryl methyl sites for hydroxylation is 1. The molecule has 0 unspecified atom stereocenters. The number of benzene rings is 1. The maximum absolute atomic E-state index is 3.46. The number of hydrogen-bond acceptors (Lipinski definition) is 2. The van der Waals surface area contributed by atoms with Crippen molar-refractivity contribution in [3.63, 3.8) is 0 Å². The van der Waals surface area contributed by atoms with Crippen LogP contribution in [0.15, 0.2) is 23.1 Å². The molecule has 2 aliphatic rings. The molecule has 0 radical (unpaired) electrons. The smallest absolute Gasteiger partial charge is 0.0136 e. The quantitative estimate of drug-likeness (QED) is 0.861. The van der Waals surface area contributed by atoms with Crippen molar-refractivity contribution in [3.8, 4) is 0 Å². The second kappa shape index (κ2) is 5.45. The third-order valence-corrected chi connectivity index (χ3v) is 5.29. The van der Waals surface area contributed by atoms with Crippen LogP contribution >= 0.6 is 11.8 Å². The summed E-state index contributed by atoms with van der Waals surface area (Å²) in [6.45, 7) is 2.43. The van der Waals surface area contributed by atoms with Crippen LogP contribution in [0.2, 0.25) is 0 Å². The lowest BCUT2D eigenvalue weighted by molar-refractivity contribution is 0.371. The van der Waals surface area contributed by atoms with Crippen molar-refractivity contribution in [1.29, 1.82) is 0 Å². The summed E-state index contributed by atoms with van der Waals surface area (Å²) in [5.41, 5.74) is 3.23. The van der Waals surface area contributed by atoms with Crippen molar-refractivity contribution in [3.05, 3.63) is 29.3 Å². The first kappa shape index (κ1) is 11.6. The minimum Gasteiger partial charge on any atom is -0.317 e. The highest BCUT2D eigenvalue weighted by molar-refractivity contribution is 7.99. The molecule has 1 aromatic rings. The predicted molar refractivity (Wildman–Crippen MR) is 74.8 cm³/mol. The Hall–Kier alpha value is -0.470. The third kappa shape index (κ3) is 2.69. The lowest BCUT2D eigenvalue weighted by atomic mass is 9.90. The molecule has 2 heterocycles. The average molecular weight is 247 g/mol. The van der Waals surface area contributed by atoms with Gasteiger partial charge < -0.3 is 5.32 Å². The molecule has 3 rings (SSSR count). The van der Waals surface area contributed by atoms with Crippen molar-refractivity contribution in [2.24, 2.45) is 5.92 Å². The molecule has 1 aromatic carbocycles. The monoisotopic (exact) mass is 247 g/mol. The topological polar surface area (TPSA) is 12.0 Å². The number of rotatable bonds is 2. The highest BCUT2D eigenvalue weighted by Gasteiger charge is 2.18. The maximum Gasteiger partial charge on any atom is 0.0136 e. The van der Waals surface area contributed by atoms with Gasteiger partial charge in [0.15, 0.2) is 0 Å². The Kier molecular flexibility index (Phi) is 3.72. The molecular weight excluding hydrogens is 226 g/mol. The molecule has 0 bridgehead atoms. The van der Waals surface area contributed by atoms with Gasteiger partial charge in [-0.15, -0.1) is 11.8 Å². The Balaban J connectivity index is 1.77. The molecule has 0 aromatic heterocycles. The minimum atomic E-state index is 0.908. The number of nitrogens with one attached hydrogen (secondary N) is 1. The van der Waals surface area contributed by atoms with Gasteiger partial charge in [0.1, 0.15) is 0 Å². The van der Waals surface area contributed by atoms with Gasteiger partial charge in [-0.2, -0.15) is 0 Å². The molecule has 2 aliphatic heterocycles. The fourth-order valence-corrected chi connectivity index (χ4v) is 4.20. The van der Waals surface area contributed by atoms with Crippen LogP contribution < -0.4 is 5.32 Å². The first-order valence-corrected chi connectivity index (χ1v) is 7.86. The molecule has 1 nitrogen and oxygen atoms in total. The van der Waals surface area contributed by atoms with Gasteiger partial charge in [-0.1, -0.05) is 18.2 Å². The van der Waals surface area contributed by atoms with Crippen LogP contribution in [0, 0.1) is 5.92 Å². The van der Waals surface area contributed by atoms with E-state index in [9.17, 15) is 0 Å². The van der Waals surface area contributed by atoms with E-state index in [1.807, 2.05) is 0 Å². The van der Waals surface area contributed by atoms with Gasteiger partial charge in [-0.3, -0.25) is 0 Å². The van der Waals surface area contributed by atoms with E-state index in [4.69, 9.17) is 0 Å². The van der Waals surface area contributed by atoms with Gasteiger partial charge in [0.25, 0.3) is 0 Å². The number of hydrogen-bond donors (Lipinski definition) is 1. The van der Waals surface area contributed by atoms with Gasteiger partial charge in [-0.25, -0.2) is 0 Å². The van der Waals surface area contributed by atoms with Crippen molar-refractivity contribution in [1.82, 2.24) is 5.32 Å². The standard InChI is InChI=1S/C15H21NS/c1-3-13-5-2-10-17-15(13)14(4-1)11-12-6-8-16-9-7-12/h1,3-4,12,16H,2,5-11H2. The molecule has 2 heteroatoms. The summed E-state index contributed by atoms with van der Waals surface area (Å²) in [6, 6.07) is 6.95. The van der Waals surface area contributed by atoms with Crippen LogP contribution in [0.5, 0.6) is 0 Å². The van der Waals surface area contributed by atoms with E-state index in [1.165, 1.54) is 50.9 Å². The van der Waals surface area contributed by atoms with E-state index in [2.05, 4.69) is 35.3 Å². The highest BCUT2D eigenvalue weighted by atomic mass is 32.2. The molecule has 0 spiro atoms. The first-order chi connectivity index (χ1) is 8.43. The Labute approximate surface area is 108 Å². The minimum absolute atomic E-state index is 0.908. The van der Waals surface area contributed by atoms with E-state index in [0.29, 0.717) is 0 Å². The molecule has 17 heavy (non-hydrogen) atoms. The van der Waals surface area contributed by atoms with Gasteiger partial charge in [0.05, 0.1) is 0 Å². The van der Waals surface area contributed by atoms with E-state index in [1.54, 1.807) is 16.0 Å². The summed E-state index contributed by atoms with van der Waals surface area (Å²) >= 11 is 2.09. The summed E-state index contributed by atoms with van der Waals surface area (Å²) < 4.78 is 0. The predicted octanol–water partition coefficient (Wildman–Crippen LogP) is 3.27. The number of piperidine rings is 1. The van der Waals surface area contributed by atoms with Crippen molar-refractivity contribution in [2.45, 2.75) is 37.0 Å². The van der Waals surface area contributed by atoms with Gasteiger partial charge >= 0.3 is 0 Å². The molecule has 92 valence electrons. The van der Waals surface area contributed by atoms with Crippen LogP contribution in [0.1, 0.15) is 30.4 Å². The van der Waals surface area contributed by atoms with Gasteiger partial charge in [0.2, 0.25) is 0 Å². The van der Waals surface area contributed by atoms with Crippen LogP contribution in [0.3, 0.4) is 0 Å². The van der Waals surface area contributed by atoms with Crippen molar-refractivity contribution in [2.75, 3.05) is 18.8 Å². The second-order valence-electron chi connectivity index (χ2n) is 5.25. The van der Waals surface area contributed by atoms with Crippen molar-refractivity contribution < 1.29 is 0 Å². The SMILES string of the molecule is c1cc2c(c(CC3CCNCC3)c1)SCCC2. The molecule has 0 aliphatic carbocycles. The fourth-order valence-electron chi connectivity index (χ4n) is 3.01. The first-order valence-electron chi connectivity index (χ1n) is 6.88. The van der Waals surface area contributed by atoms with Crippen LogP contribution in [-0.4, -0.2) is 18.8 Å². The lowest BCUT2D eigenvalue weighted by Crippen LogP contribution is -2.28. The summed E-state index contributed by atoms with van der Waals surface area (Å²) in [7, 11) is 0. The summed E-state index contributed by atoms with van der Waals surface area (Å²) in [6.07, 6.45) is 6.66. The van der Waals surface area contributed by atoms with Crippen LogP contribution in [0.4, 0.5) is 0 Å². The van der Waals surface area contributed by atoms with Crippen LogP contribution in [-0.2, 0) is 12.8 Å². The summed E-state index contributed by atoms with van der Waals surface area (Å²) in [5, 5.41) is 3.46.